The van der Waals surface area contributed by atoms with Crippen LogP contribution in [0.4, 0.5) is 0 Å². The van der Waals surface area contributed by atoms with E-state index in [0.717, 1.165) is 0 Å². The Labute approximate surface area is 137 Å². The van der Waals surface area contributed by atoms with Crippen molar-refractivity contribution in [3.05, 3.63) is 48.3 Å². The van der Waals surface area contributed by atoms with Gasteiger partial charge in [0.15, 0.2) is 19.0 Å². The molecule has 9 heteroatoms. The Kier molecular flexibility index (Phi) is 5.99. The lowest BCUT2D eigenvalue weighted by molar-refractivity contribution is -0.180. The van der Waals surface area contributed by atoms with Gasteiger partial charge in [0.1, 0.15) is 0 Å². The first kappa shape index (κ1) is 17.6. The first-order valence-electron chi connectivity index (χ1n) is 6.95. The number of hydrogen-bond donors (Lipinski definition) is 1. The molecule has 0 aliphatic heterocycles. The van der Waals surface area contributed by atoms with Crippen LogP contribution >= 0.6 is 0 Å². The van der Waals surface area contributed by atoms with E-state index in [1.165, 1.54) is 31.9 Å². The predicted octanol–water partition coefficient (Wildman–Crippen LogP) is 0.846. The van der Waals surface area contributed by atoms with Crippen LogP contribution in [0.25, 0.3) is 0 Å². The number of carboxylic acid groups (broad SMARTS) is 1. The lowest BCUT2D eigenvalue weighted by Gasteiger charge is -2.16. The Morgan fingerprint density at radius 2 is 2.12 bits per heavy atom. The number of rotatable bonds is 8. The van der Waals surface area contributed by atoms with Crippen LogP contribution in [-0.2, 0) is 30.8 Å². The third-order valence-corrected chi connectivity index (χ3v) is 3.19. The van der Waals surface area contributed by atoms with Gasteiger partial charge in [-0.3, -0.25) is 4.98 Å². The van der Waals surface area contributed by atoms with E-state index in [-0.39, 0.29) is 5.69 Å². The van der Waals surface area contributed by atoms with Gasteiger partial charge in [-0.15, -0.1) is 0 Å². The van der Waals surface area contributed by atoms with Crippen LogP contribution < -0.4 is 0 Å². The number of esters is 1. The smallest absolute Gasteiger partial charge is 0.343 e. The number of aliphatic carboxylic acids is 1. The Hall–Kier alpha value is -2.78. The van der Waals surface area contributed by atoms with E-state index in [9.17, 15) is 14.7 Å². The van der Waals surface area contributed by atoms with Gasteiger partial charge in [0.2, 0.25) is 0 Å². The van der Waals surface area contributed by atoms with E-state index in [1.807, 2.05) is 0 Å². The highest BCUT2D eigenvalue weighted by Gasteiger charge is 2.26. The van der Waals surface area contributed by atoms with Gasteiger partial charge < -0.3 is 23.9 Å². The van der Waals surface area contributed by atoms with Crippen molar-refractivity contribution < 1.29 is 28.9 Å². The second-order valence-corrected chi connectivity index (χ2v) is 4.77. The van der Waals surface area contributed by atoms with E-state index in [0.29, 0.717) is 5.69 Å². The zero-order chi connectivity index (χ0) is 17.5. The lowest BCUT2D eigenvalue weighted by atomic mass is 10.2. The number of carbonyl (C=O) groups is 2. The molecule has 128 valence electrons. The zero-order valence-corrected chi connectivity index (χ0v) is 13.2. The summed E-state index contributed by atoms with van der Waals surface area (Å²) in [6, 6.07) is 4.80. The molecule has 0 amide bonds. The summed E-state index contributed by atoms with van der Waals surface area (Å²) in [6.45, 7) is -0.552. The van der Waals surface area contributed by atoms with Crippen molar-refractivity contribution in [2.24, 2.45) is 7.05 Å². The third kappa shape index (κ3) is 4.15. The SMILES string of the molecule is CO[C@H](C(=O)OCO[C@@H](C(=O)O)c1ccccn1)c1cncn1C. The molecule has 2 heterocycles. The first-order chi connectivity index (χ1) is 11.5. The van der Waals surface area contributed by atoms with Crippen molar-refractivity contribution >= 4 is 11.9 Å². The minimum Gasteiger partial charge on any atom is -0.479 e. The van der Waals surface area contributed by atoms with E-state index in [2.05, 4.69) is 9.97 Å². The van der Waals surface area contributed by atoms with Crippen LogP contribution in [-0.4, -0.2) is 45.5 Å². The third-order valence-electron chi connectivity index (χ3n) is 3.19. The molecule has 2 atom stereocenters. The normalized spacial score (nSPS) is 13.2. The summed E-state index contributed by atoms with van der Waals surface area (Å²) in [5, 5.41) is 9.19. The van der Waals surface area contributed by atoms with Gasteiger partial charge in [0.05, 0.1) is 23.9 Å². The molecular weight excluding hydrogens is 318 g/mol. The van der Waals surface area contributed by atoms with Crippen LogP contribution in [0, 0.1) is 0 Å². The topological polar surface area (TPSA) is 113 Å². The summed E-state index contributed by atoms with van der Waals surface area (Å²) >= 11 is 0. The quantitative estimate of drug-likeness (QED) is 0.558. The van der Waals surface area contributed by atoms with E-state index >= 15 is 0 Å². The Morgan fingerprint density at radius 1 is 1.33 bits per heavy atom. The molecule has 9 nitrogen and oxygen atoms in total. The molecule has 0 bridgehead atoms. The molecule has 0 radical (unpaired) electrons. The number of pyridine rings is 1. The molecule has 0 aliphatic rings. The van der Waals surface area contributed by atoms with Crippen LogP contribution in [0.2, 0.25) is 0 Å². The molecule has 0 saturated carbocycles. The Balaban J connectivity index is 1.95. The number of carboxylic acids is 1. The minimum atomic E-state index is -1.34. The number of methoxy groups -OCH3 is 1. The molecule has 1 N–H and O–H groups in total. The van der Waals surface area contributed by atoms with Gasteiger partial charge in [-0.1, -0.05) is 6.07 Å². The maximum Gasteiger partial charge on any atom is 0.343 e. The summed E-state index contributed by atoms with van der Waals surface area (Å²) in [4.78, 5) is 31.2. The predicted molar refractivity (Wildman–Crippen MR) is 79.6 cm³/mol. The van der Waals surface area contributed by atoms with E-state index in [4.69, 9.17) is 14.2 Å². The molecular formula is C15H17N3O6. The van der Waals surface area contributed by atoms with Gasteiger partial charge in [-0.05, 0) is 12.1 Å². The molecule has 0 saturated heterocycles. The summed E-state index contributed by atoms with van der Waals surface area (Å²) in [6.07, 6.45) is 2.12. The van der Waals surface area contributed by atoms with Crippen molar-refractivity contribution in [2.75, 3.05) is 13.9 Å². The van der Waals surface area contributed by atoms with E-state index in [1.54, 1.807) is 23.7 Å². The lowest BCUT2D eigenvalue weighted by Crippen LogP contribution is -2.23. The number of imidazole rings is 1. The highest BCUT2D eigenvalue weighted by molar-refractivity contribution is 5.76. The molecule has 2 aromatic rings. The molecule has 24 heavy (non-hydrogen) atoms. The molecule has 0 fully saturated rings. The number of aromatic nitrogens is 3. The van der Waals surface area contributed by atoms with Crippen molar-refractivity contribution in [1.82, 2.24) is 14.5 Å². The maximum atomic E-state index is 12.1. The number of hydrogen-bond acceptors (Lipinski definition) is 7. The Bertz CT molecular complexity index is 688. The number of carbonyl (C=O) groups excluding carboxylic acids is 1. The van der Waals surface area contributed by atoms with Gasteiger partial charge in [-0.25, -0.2) is 14.6 Å². The molecule has 2 aromatic heterocycles. The molecule has 0 aromatic carbocycles. The highest BCUT2D eigenvalue weighted by Crippen LogP contribution is 2.19. The fourth-order valence-corrected chi connectivity index (χ4v) is 2.01. The van der Waals surface area contributed by atoms with Gasteiger partial charge in [0, 0.05) is 20.4 Å². The first-order valence-corrected chi connectivity index (χ1v) is 6.95. The van der Waals surface area contributed by atoms with Gasteiger partial charge >= 0.3 is 11.9 Å². The van der Waals surface area contributed by atoms with Crippen LogP contribution in [0.1, 0.15) is 23.6 Å². The summed E-state index contributed by atoms with van der Waals surface area (Å²) in [5.74, 6) is -1.95. The summed E-state index contributed by atoms with van der Waals surface area (Å²) in [5.41, 5.74) is 0.706. The second kappa shape index (κ2) is 8.18. The van der Waals surface area contributed by atoms with Crippen molar-refractivity contribution in [1.29, 1.82) is 0 Å². The van der Waals surface area contributed by atoms with Gasteiger partial charge in [-0.2, -0.15) is 0 Å². The molecule has 0 aliphatic carbocycles. The van der Waals surface area contributed by atoms with Crippen molar-refractivity contribution in [3.63, 3.8) is 0 Å². The fraction of sp³-hybridized carbons (Fsp3) is 0.333. The average molecular weight is 335 g/mol. The van der Waals surface area contributed by atoms with Crippen LogP contribution in [0.3, 0.4) is 0 Å². The minimum absolute atomic E-state index is 0.205. The number of aryl methyl sites for hydroxylation is 1. The molecule has 2 rings (SSSR count). The van der Waals surface area contributed by atoms with E-state index < -0.39 is 30.9 Å². The average Bonchev–Trinajstić information content (AvgIpc) is 2.99. The number of nitrogens with zero attached hydrogens (tertiary/aromatic N) is 3. The molecule has 0 unspecified atom stereocenters. The summed E-state index contributed by atoms with van der Waals surface area (Å²) < 4.78 is 16.8. The van der Waals surface area contributed by atoms with Gasteiger partial charge in [0.25, 0.3) is 0 Å². The van der Waals surface area contributed by atoms with Crippen molar-refractivity contribution in [2.45, 2.75) is 12.2 Å². The van der Waals surface area contributed by atoms with Crippen LogP contribution in [0.5, 0.6) is 0 Å². The fourth-order valence-electron chi connectivity index (χ4n) is 2.01. The Morgan fingerprint density at radius 3 is 2.67 bits per heavy atom. The monoisotopic (exact) mass is 335 g/mol. The summed E-state index contributed by atoms with van der Waals surface area (Å²) in [7, 11) is 3.06. The largest absolute Gasteiger partial charge is 0.479 e. The van der Waals surface area contributed by atoms with Crippen molar-refractivity contribution in [3.8, 4) is 0 Å². The standard InChI is InChI=1S/C15H17N3O6/c1-18-8-16-7-11(18)13(22-2)15(21)24-9-23-12(14(19)20)10-5-3-4-6-17-10/h3-8,12-13H,9H2,1-2H3,(H,19,20)/t12-,13+/m1/s1. The molecule has 0 spiro atoms. The second-order valence-electron chi connectivity index (χ2n) is 4.77. The maximum absolute atomic E-state index is 12.1. The van der Waals surface area contributed by atoms with Crippen LogP contribution in [0.15, 0.2) is 36.9 Å². The zero-order valence-electron chi connectivity index (χ0n) is 13.2. The highest BCUT2D eigenvalue weighted by atomic mass is 16.7. The number of ether oxygens (including phenoxy) is 3.